The van der Waals surface area contributed by atoms with E-state index in [0.717, 1.165) is 0 Å². The maximum atomic E-state index is 9.42. The minimum atomic E-state index is -0.103. The van der Waals surface area contributed by atoms with Crippen LogP contribution in [0.4, 0.5) is 0 Å². The number of phenols is 4. The summed E-state index contributed by atoms with van der Waals surface area (Å²) in [5.41, 5.74) is 0. The van der Waals surface area contributed by atoms with Crippen molar-refractivity contribution in [3.63, 3.8) is 0 Å². The molecule has 3 rings (SSSR count). The predicted molar refractivity (Wildman–Crippen MR) is 86.1 cm³/mol. The molecule has 6 heteroatoms. The standard InChI is InChI=1S/C18H14O6/c19-11-5-12(20)8-17(7-11)23-15-1-2-16(4-3-15)24-18-9-13(21)6-14(22)10-18/h1-10,19-22H. The molecule has 0 radical (unpaired) electrons. The average Bonchev–Trinajstić information content (AvgIpc) is 2.47. The largest absolute Gasteiger partial charge is 0.508 e. The van der Waals surface area contributed by atoms with Gasteiger partial charge in [-0.05, 0) is 24.3 Å². The first-order valence-electron chi connectivity index (χ1n) is 7.00. The first kappa shape index (κ1) is 15.4. The molecule has 0 amide bonds. The van der Waals surface area contributed by atoms with Gasteiger partial charge in [-0.3, -0.25) is 0 Å². The van der Waals surface area contributed by atoms with Crippen LogP contribution in [0.2, 0.25) is 0 Å². The van der Waals surface area contributed by atoms with E-state index in [4.69, 9.17) is 9.47 Å². The summed E-state index contributed by atoms with van der Waals surface area (Å²) < 4.78 is 11.1. The number of hydrogen-bond acceptors (Lipinski definition) is 6. The van der Waals surface area contributed by atoms with E-state index in [1.165, 1.54) is 36.4 Å². The fraction of sp³-hybridized carbons (Fsp3) is 0. The molecular weight excluding hydrogens is 312 g/mol. The smallest absolute Gasteiger partial charge is 0.134 e. The highest BCUT2D eigenvalue weighted by molar-refractivity contribution is 5.45. The van der Waals surface area contributed by atoms with Crippen molar-refractivity contribution in [1.29, 1.82) is 0 Å². The van der Waals surface area contributed by atoms with E-state index < -0.39 is 0 Å². The summed E-state index contributed by atoms with van der Waals surface area (Å²) in [5, 5.41) is 37.7. The summed E-state index contributed by atoms with van der Waals surface area (Å²) >= 11 is 0. The molecule has 0 aliphatic heterocycles. The van der Waals surface area contributed by atoms with Crippen molar-refractivity contribution < 1.29 is 29.9 Å². The third-order valence-electron chi connectivity index (χ3n) is 3.05. The van der Waals surface area contributed by atoms with Crippen molar-refractivity contribution in [3.05, 3.63) is 60.7 Å². The molecule has 0 unspecified atom stereocenters. The quantitative estimate of drug-likeness (QED) is 0.576. The number of aromatic hydroxyl groups is 4. The lowest BCUT2D eigenvalue weighted by molar-refractivity contribution is 0.426. The number of phenolic OH excluding ortho intramolecular Hbond substituents is 4. The molecule has 4 N–H and O–H groups in total. The highest BCUT2D eigenvalue weighted by Crippen LogP contribution is 2.32. The Bertz CT molecular complexity index is 745. The summed E-state index contributed by atoms with van der Waals surface area (Å²) in [7, 11) is 0. The van der Waals surface area contributed by atoms with E-state index in [1.807, 2.05) is 0 Å². The summed E-state index contributed by atoms with van der Waals surface area (Å²) in [4.78, 5) is 0. The molecule has 3 aromatic carbocycles. The Labute approximate surface area is 137 Å². The van der Waals surface area contributed by atoms with Gasteiger partial charge in [0.05, 0.1) is 0 Å². The van der Waals surface area contributed by atoms with E-state index in [2.05, 4.69) is 0 Å². The molecule has 0 atom stereocenters. The highest BCUT2D eigenvalue weighted by Gasteiger charge is 2.05. The fourth-order valence-electron chi connectivity index (χ4n) is 2.10. The van der Waals surface area contributed by atoms with Gasteiger partial charge in [-0.1, -0.05) is 0 Å². The van der Waals surface area contributed by atoms with Crippen molar-refractivity contribution >= 4 is 0 Å². The van der Waals surface area contributed by atoms with Gasteiger partial charge in [0, 0.05) is 36.4 Å². The monoisotopic (exact) mass is 326 g/mol. The number of ether oxygens (including phenoxy) is 2. The molecule has 0 saturated heterocycles. The lowest BCUT2D eigenvalue weighted by Gasteiger charge is -2.09. The van der Waals surface area contributed by atoms with Crippen LogP contribution in [0.5, 0.6) is 46.0 Å². The van der Waals surface area contributed by atoms with Gasteiger partial charge in [-0.25, -0.2) is 0 Å². The van der Waals surface area contributed by atoms with E-state index in [0.29, 0.717) is 23.0 Å². The predicted octanol–water partition coefficient (Wildman–Crippen LogP) is 4.09. The van der Waals surface area contributed by atoms with Gasteiger partial charge in [-0.2, -0.15) is 0 Å². The Kier molecular flexibility index (Phi) is 4.03. The van der Waals surface area contributed by atoms with Gasteiger partial charge in [0.1, 0.15) is 46.0 Å². The topological polar surface area (TPSA) is 99.4 Å². The van der Waals surface area contributed by atoms with Crippen LogP contribution >= 0.6 is 0 Å². The zero-order chi connectivity index (χ0) is 17.1. The van der Waals surface area contributed by atoms with Gasteiger partial charge in [0.25, 0.3) is 0 Å². The summed E-state index contributed by atoms with van der Waals surface area (Å²) in [5.74, 6) is 1.12. The lowest BCUT2D eigenvalue weighted by Crippen LogP contribution is -1.86. The molecule has 6 nitrogen and oxygen atoms in total. The Morgan fingerprint density at radius 2 is 0.708 bits per heavy atom. The van der Waals surface area contributed by atoms with Crippen LogP contribution in [0.3, 0.4) is 0 Å². The summed E-state index contributed by atoms with van der Waals surface area (Å²) in [6.07, 6.45) is 0. The average molecular weight is 326 g/mol. The Hall–Kier alpha value is -3.54. The van der Waals surface area contributed by atoms with Gasteiger partial charge < -0.3 is 29.9 Å². The number of rotatable bonds is 4. The van der Waals surface area contributed by atoms with Crippen LogP contribution < -0.4 is 9.47 Å². The van der Waals surface area contributed by atoms with Crippen molar-refractivity contribution in [2.24, 2.45) is 0 Å². The first-order valence-corrected chi connectivity index (χ1v) is 7.00. The molecule has 24 heavy (non-hydrogen) atoms. The van der Waals surface area contributed by atoms with E-state index >= 15 is 0 Å². The number of hydrogen-bond donors (Lipinski definition) is 4. The van der Waals surface area contributed by atoms with Gasteiger partial charge in [-0.15, -0.1) is 0 Å². The van der Waals surface area contributed by atoms with Crippen LogP contribution in [0.1, 0.15) is 0 Å². The number of benzene rings is 3. The summed E-state index contributed by atoms with van der Waals surface area (Å²) in [6.45, 7) is 0. The second-order valence-corrected chi connectivity index (χ2v) is 5.05. The normalized spacial score (nSPS) is 10.3. The van der Waals surface area contributed by atoms with Crippen molar-refractivity contribution in [1.82, 2.24) is 0 Å². The molecule has 0 aliphatic carbocycles. The maximum Gasteiger partial charge on any atom is 0.134 e. The van der Waals surface area contributed by atoms with E-state index in [9.17, 15) is 20.4 Å². The fourth-order valence-corrected chi connectivity index (χ4v) is 2.10. The zero-order valence-corrected chi connectivity index (χ0v) is 12.4. The van der Waals surface area contributed by atoms with Crippen molar-refractivity contribution in [2.45, 2.75) is 0 Å². The van der Waals surface area contributed by atoms with Gasteiger partial charge >= 0.3 is 0 Å². The van der Waals surface area contributed by atoms with Crippen LogP contribution in [0, 0.1) is 0 Å². The lowest BCUT2D eigenvalue weighted by atomic mass is 10.3. The second-order valence-electron chi connectivity index (χ2n) is 5.05. The van der Waals surface area contributed by atoms with Gasteiger partial charge in [0.2, 0.25) is 0 Å². The first-order chi connectivity index (χ1) is 11.5. The Balaban J connectivity index is 1.73. The zero-order valence-electron chi connectivity index (χ0n) is 12.4. The van der Waals surface area contributed by atoms with Crippen LogP contribution in [-0.4, -0.2) is 20.4 Å². The molecule has 122 valence electrons. The van der Waals surface area contributed by atoms with Gasteiger partial charge in [0.15, 0.2) is 0 Å². The van der Waals surface area contributed by atoms with Crippen LogP contribution in [-0.2, 0) is 0 Å². The van der Waals surface area contributed by atoms with Crippen molar-refractivity contribution in [2.75, 3.05) is 0 Å². The molecule has 0 saturated carbocycles. The Morgan fingerprint density at radius 1 is 0.417 bits per heavy atom. The molecule has 0 aromatic heterocycles. The minimum Gasteiger partial charge on any atom is -0.508 e. The molecule has 0 spiro atoms. The molecule has 0 bridgehead atoms. The maximum absolute atomic E-state index is 9.42. The third-order valence-corrected chi connectivity index (χ3v) is 3.05. The van der Waals surface area contributed by atoms with Crippen LogP contribution in [0.15, 0.2) is 60.7 Å². The second kappa shape index (κ2) is 6.29. The molecule has 0 aliphatic rings. The van der Waals surface area contributed by atoms with Crippen LogP contribution in [0.25, 0.3) is 0 Å². The molecular formula is C18H14O6. The summed E-state index contributed by atoms with van der Waals surface area (Å²) in [6, 6.07) is 14.5. The minimum absolute atomic E-state index is 0.103. The van der Waals surface area contributed by atoms with E-state index in [-0.39, 0.29) is 23.0 Å². The van der Waals surface area contributed by atoms with E-state index in [1.54, 1.807) is 24.3 Å². The highest BCUT2D eigenvalue weighted by atomic mass is 16.5. The molecule has 3 aromatic rings. The van der Waals surface area contributed by atoms with Crippen molar-refractivity contribution in [3.8, 4) is 46.0 Å². The SMILES string of the molecule is Oc1cc(O)cc(Oc2ccc(Oc3cc(O)cc(O)c3)cc2)c1. The molecule has 0 fully saturated rings. The Morgan fingerprint density at radius 3 is 1.00 bits per heavy atom. The third kappa shape index (κ3) is 3.80. The molecule has 0 heterocycles.